The molecule has 20 heavy (non-hydrogen) atoms. The molecule has 0 spiro atoms. The second kappa shape index (κ2) is 7.59. The Kier molecular flexibility index (Phi) is 5.79. The highest BCUT2D eigenvalue weighted by Gasteiger charge is 2.24. The zero-order chi connectivity index (χ0) is 14.4. The monoisotopic (exact) mass is 282 g/mol. The van der Waals surface area contributed by atoms with Crippen molar-refractivity contribution in [3.05, 3.63) is 0 Å². The number of hydrogen-bond donors (Lipinski definition) is 2. The van der Waals surface area contributed by atoms with E-state index in [2.05, 4.69) is 22.6 Å². The zero-order valence-electron chi connectivity index (χ0n) is 12.4. The molecule has 0 saturated carbocycles. The number of likely N-dealkylation sites (tertiary alicyclic amines) is 1. The number of nitrogens with one attached hydrogen (secondary N) is 2. The highest BCUT2D eigenvalue weighted by atomic mass is 16.2. The lowest BCUT2D eigenvalue weighted by Crippen LogP contribution is -2.47. The van der Waals surface area contributed by atoms with Gasteiger partial charge in [-0.2, -0.15) is 0 Å². The molecule has 0 bridgehead atoms. The molecule has 6 nitrogen and oxygen atoms in total. The zero-order valence-corrected chi connectivity index (χ0v) is 12.4. The van der Waals surface area contributed by atoms with Gasteiger partial charge in [-0.05, 0) is 45.3 Å². The van der Waals surface area contributed by atoms with Gasteiger partial charge in [0.05, 0.1) is 0 Å². The van der Waals surface area contributed by atoms with Crippen molar-refractivity contribution < 1.29 is 9.59 Å². The molecule has 1 atom stereocenters. The van der Waals surface area contributed by atoms with E-state index in [9.17, 15) is 9.59 Å². The number of carbonyl (C=O) groups is 2. The largest absolute Gasteiger partial charge is 0.348 e. The topological polar surface area (TPSA) is 64.7 Å². The molecule has 114 valence electrons. The lowest BCUT2D eigenvalue weighted by Gasteiger charge is -2.29. The van der Waals surface area contributed by atoms with Crippen LogP contribution in [0, 0.1) is 5.92 Å². The van der Waals surface area contributed by atoms with Gasteiger partial charge < -0.3 is 20.4 Å². The van der Waals surface area contributed by atoms with Crippen molar-refractivity contribution >= 4 is 11.8 Å². The number of amides is 2. The molecular formula is C14H26N4O2. The number of hydrogen-bond acceptors (Lipinski definition) is 4. The van der Waals surface area contributed by atoms with E-state index in [4.69, 9.17) is 0 Å². The Balaban J connectivity index is 1.74. The molecule has 2 fully saturated rings. The minimum absolute atomic E-state index is 0.377. The Hall–Kier alpha value is -1.14. The molecule has 2 rings (SSSR count). The number of rotatable bonds is 2. The summed E-state index contributed by atoms with van der Waals surface area (Å²) in [6.07, 6.45) is 3.21. The van der Waals surface area contributed by atoms with E-state index in [1.807, 2.05) is 0 Å². The van der Waals surface area contributed by atoms with Gasteiger partial charge in [-0.1, -0.05) is 0 Å². The third-order valence-electron chi connectivity index (χ3n) is 4.09. The van der Waals surface area contributed by atoms with Gasteiger partial charge in [0.25, 0.3) is 0 Å². The van der Waals surface area contributed by atoms with Crippen LogP contribution in [0.4, 0.5) is 0 Å². The van der Waals surface area contributed by atoms with Gasteiger partial charge in [0.15, 0.2) is 0 Å². The molecule has 6 heteroatoms. The Morgan fingerprint density at radius 2 is 2.05 bits per heavy atom. The van der Waals surface area contributed by atoms with Crippen LogP contribution in [0.2, 0.25) is 0 Å². The molecule has 0 aromatic heterocycles. The van der Waals surface area contributed by atoms with E-state index in [-0.39, 0.29) is 5.91 Å². The standard InChI is InChI=1S/C14H26N4O2/c1-17-7-2-4-12(11-17)10-16-13(19)14(20)18-8-3-5-15-6-9-18/h12,15H,2-11H2,1H3,(H,16,19). The predicted molar refractivity (Wildman–Crippen MR) is 77.3 cm³/mol. The molecular weight excluding hydrogens is 256 g/mol. The van der Waals surface area contributed by atoms with E-state index >= 15 is 0 Å². The van der Waals surface area contributed by atoms with Crippen molar-refractivity contribution in [2.75, 3.05) is 52.9 Å². The molecule has 2 amide bonds. The average molecular weight is 282 g/mol. The van der Waals surface area contributed by atoms with Crippen LogP contribution in [0.1, 0.15) is 19.3 Å². The van der Waals surface area contributed by atoms with Gasteiger partial charge in [0, 0.05) is 32.7 Å². The first-order valence-corrected chi connectivity index (χ1v) is 7.63. The van der Waals surface area contributed by atoms with E-state index in [0.29, 0.717) is 25.6 Å². The van der Waals surface area contributed by atoms with Crippen molar-refractivity contribution in [2.24, 2.45) is 5.92 Å². The van der Waals surface area contributed by atoms with Crippen molar-refractivity contribution in [3.8, 4) is 0 Å². The minimum atomic E-state index is -0.444. The predicted octanol–water partition coefficient (Wildman–Crippen LogP) is -0.734. The minimum Gasteiger partial charge on any atom is -0.348 e. The highest BCUT2D eigenvalue weighted by Crippen LogP contribution is 2.13. The first-order valence-electron chi connectivity index (χ1n) is 7.63. The molecule has 1 unspecified atom stereocenters. The van der Waals surface area contributed by atoms with Crippen LogP contribution in [0.3, 0.4) is 0 Å². The third kappa shape index (κ3) is 4.45. The maximum absolute atomic E-state index is 12.1. The summed E-state index contributed by atoms with van der Waals surface area (Å²) in [4.78, 5) is 27.9. The van der Waals surface area contributed by atoms with E-state index in [1.165, 1.54) is 6.42 Å². The Morgan fingerprint density at radius 1 is 1.20 bits per heavy atom. The highest BCUT2D eigenvalue weighted by molar-refractivity contribution is 6.35. The maximum atomic E-state index is 12.1. The molecule has 2 aliphatic rings. The fraction of sp³-hybridized carbons (Fsp3) is 0.857. The molecule has 0 aromatic carbocycles. The summed E-state index contributed by atoms with van der Waals surface area (Å²) in [6, 6.07) is 0. The Labute approximate surface area is 120 Å². The summed E-state index contributed by atoms with van der Waals surface area (Å²) in [6.45, 7) is 5.73. The summed E-state index contributed by atoms with van der Waals surface area (Å²) in [5.41, 5.74) is 0. The summed E-state index contributed by atoms with van der Waals surface area (Å²) in [5, 5.41) is 6.04. The lowest BCUT2D eigenvalue weighted by atomic mass is 9.98. The number of nitrogens with zero attached hydrogens (tertiary/aromatic N) is 2. The SMILES string of the molecule is CN1CCCC(CNC(=O)C(=O)N2CCCNCC2)C1. The van der Waals surface area contributed by atoms with Crippen LogP contribution >= 0.6 is 0 Å². The van der Waals surface area contributed by atoms with Gasteiger partial charge >= 0.3 is 11.8 Å². The van der Waals surface area contributed by atoms with Gasteiger partial charge in [-0.15, -0.1) is 0 Å². The third-order valence-corrected chi connectivity index (χ3v) is 4.09. The summed E-state index contributed by atoms with van der Waals surface area (Å²) in [7, 11) is 2.10. The summed E-state index contributed by atoms with van der Waals surface area (Å²) < 4.78 is 0. The van der Waals surface area contributed by atoms with Crippen LogP contribution in [0.5, 0.6) is 0 Å². The van der Waals surface area contributed by atoms with Crippen molar-refractivity contribution in [1.29, 1.82) is 0 Å². The molecule has 2 aliphatic heterocycles. The van der Waals surface area contributed by atoms with Crippen LogP contribution in [-0.2, 0) is 9.59 Å². The smallest absolute Gasteiger partial charge is 0.311 e. The van der Waals surface area contributed by atoms with E-state index in [0.717, 1.165) is 39.0 Å². The van der Waals surface area contributed by atoms with Crippen molar-refractivity contribution in [2.45, 2.75) is 19.3 Å². The van der Waals surface area contributed by atoms with E-state index < -0.39 is 5.91 Å². The van der Waals surface area contributed by atoms with Crippen LogP contribution in [0.25, 0.3) is 0 Å². The molecule has 0 aromatic rings. The fourth-order valence-electron chi connectivity index (χ4n) is 2.94. The molecule has 2 N–H and O–H groups in total. The average Bonchev–Trinajstić information content (AvgIpc) is 2.73. The molecule has 0 radical (unpaired) electrons. The fourth-order valence-corrected chi connectivity index (χ4v) is 2.94. The molecule has 2 saturated heterocycles. The normalized spacial score (nSPS) is 25.1. The van der Waals surface area contributed by atoms with E-state index in [1.54, 1.807) is 4.90 Å². The number of piperidine rings is 1. The first kappa shape index (κ1) is 15.3. The van der Waals surface area contributed by atoms with Gasteiger partial charge in [-0.3, -0.25) is 9.59 Å². The maximum Gasteiger partial charge on any atom is 0.311 e. The first-order chi connectivity index (χ1) is 9.66. The van der Waals surface area contributed by atoms with Crippen molar-refractivity contribution in [3.63, 3.8) is 0 Å². The van der Waals surface area contributed by atoms with Crippen LogP contribution in [-0.4, -0.2) is 74.5 Å². The van der Waals surface area contributed by atoms with Crippen LogP contribution in [0.15, 0.2) is 0 Å². The quantitative estimate of drug-likeness (QED) is 0.655. The summed E-state index contributed by atoms with van der Waals surface area (Å²) in [5.74, 6) is -0.353. The van der Waals surface area contributed by atoms with Gasteiger partial charge in [-0.25, -0.2) is 0 Å². The Bertz CT molecular complexity index is 340. The van der Waals surface area contributed by atoms with Gasteiger partial charge in [0.1, 0.15) is 0 Å². The molecule has 0 aliphatic carbocycles. The Morgan fingerprint density at radius 3 is 2.85 bits per heavy atom. The van der Waals surface area contributed by atoms with Crippen molar-refractivity contribution in [1.82, 2.24) is 20.4 Å². The van der Waals surface area contributed by atoms with Crippen LogP contribution < -0.4 is 10.6 Å². The lowest BCUT2D eigenvalue weighted by molar-refractivity contribution is -0.145. The second-order valence-corrected chi connectivity index (χ2v) is 5.88. The second-order valence-electron chi connectivity index (χ2n) is 5.88. The number of carbonyl (C=O) groups excluding carboxylic acids is 2. The van der Waals surface area contributed by atoms with Gasteiger partial charge in [0.2, 0.25) is 0 Å². The molecule has 2 heterocycles. The summed E-state index contributed by atoms with van der Waals surface area (Å²) >= 11 is 0.